The Balaban J connectivity index is 2.77. The normalized spacial score (nSPS) is 10.2. The molecule has 0 fully saturated rings. The average molecular weight is 274 g/mol. The second kappa shape index (κ2) is 4.84. The molecule has 0 aromatic heterocycles. The molecule has 102 valence electrons. The van der Waals surface area contributed by atoms with Crippen LogP contribution in [0, 0.1) is 20.2 Å². The highest BCUT2D eigenvalue weighted by atomic mass is 16.6. The molecule has 4 N–H and O–H groups in total. The molecular weight excluding hydrogens is 264 g/mol. The van der Waals surface area contributed by atoms with Gasteiger partial charge >= 0.3 is 11.4 Å². The van der Waals surface area contributed by atoms with Gasteiger partial charge in [0.25, 0.3) is 0 Å². The number of hydrogen-bond donors (Lipinski definition) is 2. The van der Waals surface area contributed by atoms with Crippen molar-refractivity contribution in [3.05, 3.63) is 56.6 Å². The highest BCUT2D eigenvalue weighted by molar-refractivity contribution is 5.85. The molecule has 0 radical (unpaired) electrons. The van der Waals surface area contributed by atoms with E-state index in [1.807, 2.05) is 0 Å². The molecule has 0 saturated heterocycles. The Kier molecular flexibility index (Phi) is 3.21. The number of hydrogen-bond acceptors (Lipinski definition) is 6. The Bertz CT molecular complexity index is 697. The van der Waals surface area contributed by atoms with Gasteiger partial charge in [-0.2, -0.15) is 0 Å². The largest absolute Gasteiger partial charge is 0.399 e. The smallest absolute Gasteiger partial charge is 0.369 e. The van der Waals surface area contributed by atoms with E-state index < -0.39 is 21.2 Å². The second-order valence-electron chi connectivity index (χ2n) is 4.04. The third-order valence-corrected chi connectivity index (χ3v) is 2.77. The van der Waals surface area contributed by atoms with E-state index in [0.717, 1.165) is 0 Å². The molecule has 0 aliphatic carbocycles. The molecule has 2 aromatic carbocycles. The zero-order valence-corrected chi connectivity index (χ0v) is 10.1. The molecule has 0 aliphatic rings. The van der Waals surface area contributed by atoms with Crippen LogP contribution in [-0.4, -0.2) is 9.85 Å². The summed E-state index contributed by atoms with van der Waals surface area (Å²) in [4.78, 5) is 20.5. The maximum absolute atomic E-state index is 11.2. The van der Waals surface area contributed by atoms with Gasteiger partial charge in [0.1, 0.15) is 5.69 Å². The Morgan fingerprint density at radius 3 is 1.85 bits per heavy atom. The molecular formula is C12H10N4O4. The minimum Gasteiger partial charge on any atom is -0.399 e. The Hall–Kier alpha value is -3.16. The topological polar surface area (TPSA) is 138 Å². The monoisotopic (exact) mass is 274 g/mol. The minimum absolute atomic E-state index is 0.121. The summed E-state index contributed by atoms with van der Waals surface area (Å²) in [5.74, 6) is 0. The lowest BCUT2D eigenvalue weighted by atomic mass is 10.0. The first-order chi connectivity index (χ1) is 9.41. The summed E-state index contributed by atoms with van der Waals surface area (Å²) in [5, 5.41) is 22.1. The number of nitrogen functional groups attached to an aromatic ring is 2. The van der Waals surface area contributed by atoms with Crippen molar-refractivity contribution in [1.82, 2.24) is 0 Å². The zero-order valence-electron chi connectivity index (χ0n) is 10.1. The molecule has 0 spiro atoms. The van der Waals surface area contributed by atoms with Crippen LogP contribution < -0.4 is 11.5 Å². The fourth-order valence-electron chi connectivity index (χ4n) is 1.87. The molecule has 0 atom stereocenters. The van der Waals surface area contributed by atoms with Crippen LogP contribution in [0.15, 0.2) is 36.4 Å². The molecule has 0 heterocycles. The van der Waals surface area contributed by atoms with Gasteiger partial charge < -0.3 is 11.5 Å². The maximum atomic E-state index is 11.2. The van der Waals surface area contributed by atoms with Gasteiger partial charge in [0.05, 0.1) is 15.4 Å². The van der Waals surface area contributed by atoms with Crippen LogP contribution in [0.5, 0.6) is 0 Å². The Morgan fingerprint density at radius 2 is 1.35 bits per heavy atom. The quantitative estimate of drug-likeness (QED) is 0.500. The molecule has 8 heteroatoms. The lowest BCUT2D eigenvalue weighted by Gasteiger charge is -2.06. The van der Waals surface area contributed by atoms with E-state index >= 15 is 0 Å². The summed E-state index contributed by atoms with van der Waals surface area (Å²) < 4.78 is 0. The predicted molar refractivity (Wildman–Crippen MR) is 74.0 cm³/mol. The van der Waals surface area contributed by atoms with Crippen molar-refractivity contribution in [1.29, 1.82) is 0 Å². The van der Waals surface area contributed by atoms with E-state index in [9.17, 15) is 20.2 Å². The molecule has 20 heavy (non-hydrogen) atoms. The highest BCUT2D eigenvalue weighted by Crippen LogP contribution is 2.41. The van der Waals surface area contributed by atoms with Crippen LogP contribution in [0.25, 0.3) is 11.1 Å². The van der Waals surface area contributed by atoms with Crippen LogP contribution in [-0.2, 0) is 0 Å². The van der Waals surface area contributed by atoms with E-state index in [-0.39, 0.29) is 11.3 Å². The van der Waals surface area contributed by atoms with Crippen LogP contribution in [0.1, 0.15) is 0 Å². The minimum atomic E-state index is -0.853. The number of nitrogens with zero attached hydrogens (tertiary/aromatic N) is 2. The third kappa shape index (κ3) is 2.21. The van der Waals surface area contributed by atoms with Crippen molar-refractivity contribution in [2.45, 2.75) is 0 Å². The van der Waals surface area contributed by atoms with Gasteiger partial charge in [-0.1, -0.05) is 12.1 Å². The third-order valence-electron chi connectivity index (χ3n) is 2.77. The van der Waals surface area contributed by atoms with E-state index in [4.69, 9.17) is 11.5 Å². The van der Waals surface area contributed by atoms with Gasteiger partial charge in [0.15, 0.2) is 0 Å². The first-order valence-electron chi connectivity index (χ1n) is 5.49. The molecule has 2 aromatic rings. The molecule has 0 saturated carbocycles. The lowest BCUT2D eigenvalue weighted by molar-refractivity contribution is -0.421. The molecule has 0 bridgehead atoms. The fraction of sp³-hybridized carbons (Fsp3) is 0. The van der Waals surface area contributed by atoms with Crippen molar-refractivity contribution in [2.75, 3.05) is 11.5 Å². The molecule has 0 unspecified atom stereocenters. The maximum Gasteiger partial charge on any atom is 0.369 e. The standard InChI is InChI=1S/C12H10N4O4/c13-8-3-1-7(2-4-8)9-5-6-10(14)12(16(19)20)11(9)15(17)18/h1-6H,13-14H2. The first kappa shape index (κ1) is 13.3. The van der Waals surface area contributed by atoms with E-state index in [2.05, 4.69) is 0 Å². The van der Waals surface area contributed by atoms with Gasteiger partial charge in [0, 0.05) is 5.69 Å². The second-order valence-corrected chi connectivity index (χ2v) is 4.04. The van der Waals surface area contributed by atoms with Gasteiger partial charge in [-0.05, 0) is 29.8 Å². The van der Waals surface area contributed by atoms with Gasteiger partial charge in [-0.15, -0.1) is 0 Å². The average Bonchev–Trinajstić information content (AvgIpc) is 2.39. The summed E-state index contributed by atoms with van der Waals surface area (Å²) >= 11 is 0. The van der Waals surface area contributed by atoms with Crippen molar-refractivity contribution in [2.24, 2.45) is 0 Å². The van der Waals surface area contributed by atoms with Crippen molar-refractivity contribution in [3.8, 4) is 11.1 Å². The zero-order chi connectivity index (χ0) is 14.9. The van der Waals surface area contributed by atoms with Crippen LogP contribution in [0.2, 0.25) is 0 Å². The Morgan fingerprint density at radius 1 is 0.800 bits per heavy atom. The van der Waals surface area contributed by atoms with Crippen LogP contribution >= 0.6 is 0 Å². The van der Waals surface area contributed by atoms with Gasteiger partial charge in [-0.25, -0.2) is 0 Å². The summed E-state index contributed by atoms with van der Waals surface area (Å²) in [6.45, 7) is 0. The van der Waals surface area contributed by atoms with Gasteiger partial charge in [-0.3, -0.25) is 20.2 Å². The number of anilines is 2. The van der Waals surface area contributed by atoms with E-state index in [1.54, 1.807) is 24.3 Å². The first-order valence-corrected chi connectivity index (χ1v) is 5.49. The summed E-state index contributed by atoms with van der Waals surface area (Å²) in [6.07, 6.45) is 0. The number of rotatable bonds is 3. The number of benzene rings is 2. The van der Waals surface area contributed by atoms with Crippen molar-refractivity contribution >= 4 is 22.7 Å². The van der Waals surface area contributed by atoms with Crippen molar-refractivity contribution < 1.29 is 9.85 Å². The summed E-state index contributed by atoms with van der Waals surface area (Å²) in [5.41, 5.74) is 10.5. The van der Waals surface area contributed by atoms with Crippen LogP contribution in [0.3, 0.4) is 0 Å². The molecule has 0 aliphatic heterocycles. The van der Waals surface area contributed by atoms with Gasteiger partial charge in [0.2, 0.25) is 0 Å². The fourth-order valence-corrected chi connectivity index (χ4v) is 1.87. The predicted octanol–water partition coefficient (Wildman–Crippen LogP) is 2.33. The van der Waals surface area contributed by atoms with E-state index in [1.165, 1.54) is 12.1 Å². The Labute approximate surface area is 112 Å². The summed E-state index contributed by atoms with van der Waals surface area (Å²) in [6, 6.07) is 8.88. The highest BCUT2D eigenvalue weighted by Gasteiger charge is 2.32. The molecule has 0 amide bonds. The number of nitro benzene ring substituents is 2. The SMILES string of the molecule is Nc1ccc(-c2ccc(N)c([N+](=O)[O-])c2[N+](=O)[O-])cc1. The van der Waals surface area contributed by atoms with E-state index in [0.29, 0.717) is 11.3 Å². The van der Waals surface area contributed by atoms with Crippen molar-refractivity contribution in [3.63, 3.8) is 0 Å². The molecule has 8 nitrogen and oxygen atoms in total. The number of nitro groups is 2. The lowest BCUT2D eigenvalue weighted by Crippen LogP contribution is -2.02. The number of nitrogens with two attached hydrogens (primary N) is 2. The molecule has 2 rings (SSSR count). The summed E-state index contributed by atoms with van der Waals surface area (Å²) in [7, 11) is 0. The van der Waals surface area contributed by atoms with Crippen LogP contribution in [0.4, 0.5) is 22.7 Å².